The molecule has 0 aliphatic heterocycles. The molecule has 2 aromatic carbocycles. The first-order valence-electron chi connectivity index (χ1n) is 7.81. The van der Waals surface area contributed by atoms with Gasteiger partial charge in [0, 0.05) is 11.1 Å². The van der Waals surface area contributed by atoms with Crippen LogP contribution in [0, 0.1) is 0 Å². The van der Waals surface area contributed by atoms with E-state index in [1.165, 1.54) is 0 Å². The van der Waals surface area contributed by atoms with Gasteiger partial charge in [0.05, 0.1) is 29.2 Å². The van der Waals surface area contributed by atoms with Gasteiger partial charge in [-0.05, 0) is 30.3 Å². The maximum Gasteiger partial charge on any atom is 0.257 e. The number of rotatable bonds is 4. The van der Waals surface area contributed by atoms with E-state index in [2.05, 4.69) is 25.8 Å². The van der Waals surface area contributed by atoms with Crippen molar-refractivity contribution in [1.82, 2.24) is 15.2 Å². The second-order valence-corrected chi connectivity index (χ2v) is 5.52. The van der Waals surface area contributed by atoms with Crippen molar-refractivity contribution in [2.75, 3.05) is 10.6 Å². The van der Waals surface area contributed by atoms with Crippen molar-refractivity contribution >= 4 is 34.0 Å². The first kappa shape index (κ1) is 14.9. The van der Waals surface area contributed by atoms with Crippen molar-refractivity contribution in [3.8, 4) is 0 Å². The number of nitrogens with zero attached hydrogens (tertiary/aromatic N) is 2. The minimum absolute atomic E-state index is 0.208. The second-order valence-electron chi connectivity index (χ2n) is 5.52. The van der Waals surface area contributed by atoms with Gasteiger partial charge in [0.15, 0.2) is 0 Å². The summed E-state index contributed by atoms with van der Waals surface area (Å²) in [7, 11) is 0. The Morgan fingerprint density at radius 2 is 1.76 bits per heavy atom. The zero-order valence-corrected chi connectivity index (χ0v) is 13.2. The third-order valence-electron chi connectivity index (χ3n) is 3.79. The second kappa shape index (κ2) is 6.45. The fourth-order valence-electron chi connectivity index (χ4n) is 2.57. The van der Waals surface area contributed by atoms with E-state index in [0.29, 0.717) is 17.1 Å². The maximum atomic E-state index is 12.5. The van der Waals surface area contributed by atoms with E-state index < -0.39 is 0 Å². The number of nitrogens with one attached hydrogen (secondary N) is 3. The smallest absolute Gasteiger partial charge is 0.257 e. The third kappa shape index (κ3) is 3.18. The van der Waals surface area contributed by atoms with E-state index in [4.69, 9.17) is 0 Å². The van der Waals surface area contributed by atoms with Crippen LogP contribution in [0.4, 0.5) is 17.2 Å². The lowest BCUT2D eigenvalue weighted by atomic mass is 10.1. The Bertz CT molecular complexity index is 1010. The molecule has 6 nitrogen and oxygen atoms in total. The Morgan fingerprint density at radius 1 is 0.880 bits per heavy atom. The quantitative estimate of drug-likeness (QED) is 0.529. The highest BCUT2D eigenvalue weighted by atomic mass is 16.1. The van der Waals surface area contributed by atoms with Gasteiger partial charge in [-0.2, -0.15) is 5.10 Å². The third-order valence-corrected chi connectivity index (χ3v) is 3.79. The fourth-order valence-corrected chi connectivity index (χ4v) is 2.57. The highest BCUT2D eigenvalue weighted by Gasteiger charge is 2.11. The SMILES string of the molecule is O=C(Nc1ccc(Nc2ccccc2)nc1)c1cccc2cn[nH]c12. The normalized spacial score (nSPS) is 10.6. The molecule has 3 N–H and O–H groups in total. The van der Waals surface area contributed by atoms with Gasteiger partial charge >= 0.3 is 0 Å². The van der Waals surface area contributed by atoms with Crippen LogP contribution >= 0.6 is 0 Å². The van der Waals surface area contributed by atoms with Gasteiger partial charge in [0.1, 0.15) is 5.82 Å². The Balaban J connectivity index is 1.49. The largest absolute Gasteiger partial charge is 0.340 e. The summed E-state index contributed by atoms with van der Waals surface area (Å²) in [5.41, 5.74) is 2.84. The van der Waals surface area contributed by atoms with Crippen LogP contribution in [0.3, 0.4) is 0 Å². The summed E-state index contributed by atoms with van der Waals surface area (Å²) >= 11 is 0. The highest BCUT2D eigenvalue weighted by molar-refractivity contribution is 6.11. The molecule has 2 aromatic heterocycles. The molecule has 0 spiro atoms. The van der Waals surface area contributed by atoms with Crippen molar-refractivity contribution in [2.45, 2.75) is 0 Å². The van der Waals surface area contributed by atoms with Crippen LogP contribution in [0.25, 0.3) is 10.9 Å². The first-order valence-corrected chi connectivity index (χ1v) is 7.81. The zero-order chi connectivity index (χ0) is 17.1. The number of aromatic nitrogens is 3. The molecule has 25 heavy (non-hydrogen) atoms. The van der Waals surface area contributed by atoms with Gasteiger partial charge in [-0.3, -0.25) is 9.89 Å². The van der Waals surface area contributed by atoms with Crippen molar-refractivity contribution in [3.63, 3.8) is 0 Å². The van der Waals surface area contributed by atoms with E-state index in [-0.39, 0.29) is 5.91 Å². The minimum atomic E-state index is -0.208. The van der Waals surface area contributed by atoms with Crippen LogP contribution in [-0.4, -0.2) is 21.1 Å². The predicted octanol–water partition coefficient (Wildman–Crippen LogP) is 3.95. The monoisotopic (exact) mass is 329 g/mol. The number of H-pyrrole nitrogens is 1. The van der Waals surface area contributed by atoms with Crippen LogP contribution < -0.4 is 10.6 Å². The van der Waals surface area contributed by atoms with Crippen LogP contribution in [0.15, 0.2) is 73.1 Å². The lowest BCUT2D eigenvalue weighted by molar-refractivity contribution is 0.102. The fraction of sp³-hybridized carbons (Fsp3) is 0. The van der Waals surface area contributed by atoms with Crippen LogP contribution in [0.1, 0.15) is 10.4 Å². The number of amides is 1. The lowest BCUT2D eigenvalue weighted by Crippen LogP contribution is -2.12. The Morgan fingerprint density at radius 3 is 2.56 bits per heavy atom. The van der Waals surface area contributed by atoms with Gasteiger partial charge in [0.25, 0.3) is 5.91 Å². The molecule has 122 valence electrons. The topological polar surface area (TPSA) is 82.7 Å². The number of benzene rings is 2. The van der Waals surface area contributed by atoms with Crippen molar-refractivity contribution in [2.24, 2.45) is 0 Å². The number of aromatic amines is 1. The summed E-state index contributed by atoms with van der Waals surface area (Å²) < 4.78 is 0. The number of anilines is 3. The van der Waals surface area contributed by atoms with Gasteiger partial charge < -0.3 is 10.6 Å². The van der Waals surface area contributed by atoms with Crippen molar-refractivity contribution < 1.29 is 4.79 Å². The molecule has 0 aliphatic rings. The molecular formula is C19H15N5O. The van der Waals surface area contributed by atoms with E-state index in [1.54, 1.807) is 18.5 Å². The van der Waals surface area contributed by atoms with Gasteiger partial charge in [-0.25, -0.2) is 4.98 Å². The van der Waals surface area contributed by atoms with Crippen LogP contribution in [-0.2, 0) is 0 Å². The average Bonchev–Trinajstić information content (AvgIpc) is 3.13. The number of para-hydroxylation sites is 2. The van der Waals surface area contributed by atoms with Crippen LogP contribution in [0.5, 0.6) is 0 Å². The molecule has 0 radical (unpaired) electrons. The number of carbonyl (C=O) groups excluding carboxylic acids is 1. The molecule has 0 unspecified atom stereocenters. The predicted molar refractivity (Wildman–Crippen MR) is 98.0 cm³/mol. The summed E-state index contributed by atoms with van der Waals surface area (Å²) in [5, 5.41) is 13.8. The Labute approximate surface area is 143 Å². The summed E-state index contributed by atoms with van der Waals surface area (Å²) in [6.07, 6.45) is 3.31. The molecule has 0 aliphatic carbocycles. The van der Waals surface area contributed by atoms with Crippen molar-refractivity contribution in [1.29, 1.82) is 0 Å². The highest BCUT2D eigenvalue weighted by Crippen LogP contribution is 2.19. The van der Waals surface area contributed by atoms with E-state index in [1.807, 2.05) is 54.6 Å². The standard InChI is InChI=1S/C19H15N5O/c25-19(16-8-4-5-13-11-21-24-18(13)16)23-15-9-10-17(20-12-15)22-14-6-2-1-3-7-14/h1-12H,(H,20,22)(H,21,24)(H,23,25). The number of carbonyl (C=O) groups is 1. The molecule has 0 saturated heterocycles. The Hall–Kier alpha value is -3.67. The summed E-state index contributed by atoms with van der Waals surface area (Å²) in [5.74, 6) is 0.500. The summed E-state index contributed by atoms with van der Waals surface area (Å²) in [6, 6.07) is 18.9. The molecule has 0 saturated carbocycles. The minimum Gasteiger partial charge on any atom is -0.340 e. The molecule has 0 atom stereocenters. The summed E-state index contributed by atoms with van der Waals surface area (Å²) in [6.45, 7) is 0. The van der Waals surface area contributed by atoms with E-state index in [9.17, 15) is 4.79 Å². The number of hydrogen-bond donors (Lipinski definition) is 3. The summed E-state index contributed by atoms with van der Waals surface area (Å²) in [4.78, 5) is 16.8. The molecule has 4 rings (SSSR count). The molecular weight excluding hydrogens is 314 g/mol. The van der Waals surface area contributed by atoms with Gasteiger partial charge in [0.2, 0.25) is 0 Å². The molecule has 4 aromatic rings. The molecule has 1 amide bonds. The average molecular weight is 329 g/mol. The van der Waals surface area contributed by atoms with Crippen molar-refractivity contribution in [3.05, 3.63) is 78.6 Å². The molecule has 6 heteroatoms. The Kier molecular flexibility index (Phi) is 3.84. The van der Waals surface area contributed by atoms with Gasteiger partial charge in [-0.15, -0.1) is 0 Å². The number of hydrogen-bond acceptors (Lipinski definition) is 4. The number of fused-ring (bicyclic) bond motifs is 1. The zero-order valence-electron chi connectivity index (χ0n) is 13.2. The maximum absolute atomic E-state index is 12.5. The van der Waals surface area contributed by atoms with Crippen LogP contribution in [0.2, 0.25) is 0 Å². The lowest BCUT2D eigenvalue weighted by Gasteiger charge is -2.08. The van der Waals surface area contributed by atoms with E-state index >= 15 is 0 Å². The first-order chi connectivity index (χ1) is 12.3. The molecule has 0 fully saturated rings. The molecule has 0 bridgehead atoms. The van der Waals surface area contributed by atoms with Gasteiger partial charge in [-0.1, -0.05) is 30.3 Å². The molecule has 2 heterocycles. The number of pyridine rings is 1. The van der Waals surface area contributed by atoms with E-state index in [0.717, 1.165) is 16.6 Å².